The summed E-state index contributed by atoms with van der Waals surface area (Å²) in [6.07, 6.45) is 3.66. The highest BCUT2D eigenvalue weighted by Gasteiger charge is 2.37. The lowest BCUT2D eigenvalue weighted by Gasteiger charge is -2.32. The molecule has 0 heterocycles. The third-order valence-corrected chi connectivity index (χ3v) is 8.31. The Morgan fingerprint density at radius 2 is 1.32 bits per heavy atom. The normalized spacial score (nSPS) is 14.5. The SMILES string of the molecule is CCC(C)(CC)OP(=O)(Oc1ccc(C(C)(CC)CC)cc1)c1ccccc1. The number of benzene rings is 2. The Hall–Kier alpha value is -1.57. The third kappa shape index (κ3) is 5.07. The van der Waals surface area contributed by atoms with Crippen LogP contribution in [0, 0.1) is 0 Å². The van der Waals surface area contributed by atoms with E-state index in [0.29, 0.717) is 11.1 Å². The molecule has 0 fully saturated rings. The molecule has 28 heavy (non-hydrogen) atoms. The molecule has 0 radical (unpaired) electrons. The van der Waals surface area contributed by atoms with Gasteiger partial charge in [-0.05, 0) is 67.9 Å². The maximum absolute atomic E-state index is 13.9. The zero-order valence-corrected chi connectivity index (χ0v) is 19.1. The predicted octanol–water partition coefficient (Wildman–Crippen LogP) is 7.26. The Labute approximate surface area is 171 Å². The molecule has 0 saturated carbocycles. The van der Waals surface area contributed by atoms with Crippen molar-refractivity contribution in [1.29, 1.82) is 0 Å². The van der Waals surface area contributed by atoms with Gasteiger partial charge in [0.1, 0.15) is 5.75 Å². The van der Waals surface area contributed by atoms with E-state index in [1.54, 1.807) is 0 Å². The van der Waals surface area contributed by atoms with Crippen molar-refractivity contribution in [1.82, 2.24) is 0 Å². The van der Waals surface area contributed by atoms with Crippen LogP contribution in [0.4, 0.5) is 0 Å². The molecule has 0 aliphatic carbocycles. The van der Waals surface area contributed by atoms with Gasteiger partial charge in [-0.15, -0.1) is 0 Å². The first-order valence-electron chi connectivity index (χ1n) is 10.4. The molecule has 0 bridgehead atoms. The number of hydrogen-bond donors (Lipinski definition) is 0. The van der Waals surface area contributed by atoms with Gasteiger partial charge in [0.15, 0.2) is 0 Å². The monoisotopic (exact) mass is 402 g/mol. The molecular weight excluding hydrogens is 367 g/mol. The fraction of sp³-hybridized carbons (Fsp3) is 0.500. The summed E-state index contributed by atoms with van der Waals surface area (Å²) in [5, 5.41) is 0.583. The lowest BCUT2D eigenvalue weighted by Crippen LogP contribution is -2.29. The van der Waals surface area contributed by atoms with E-state index < -0.39 is 13.2 Å². The first-order valence-corrected chi connectivity index (χ1v) is 11.9. The van der Waals surface area contributed by atoms with Crippen molar-refractivity contribution < 1.29 is 13.6 Å². The molecular formula is C24H35O3P. The summed E-state index contributed by atoms with van der Waals surface area (Å²) in [5.74, 6) is 0.569. The molecule has 2 aromatic rings. The average Bonchev–Trinajstić information content (AvgIpc) is 2.74. The van der Waals surface area contributed by atoms with Gasteiger partial charge in [-0.1, -0.05) is 65.0 Å². The van der Waals surface area contributed by atoms with Crippen LogP contribution in [-0.2, 0) is 14.5 Å². The molecule has 0 amide bonds. The fourth-order valence-corrected chi connectivity index (χ4v) is 5.14. The molecule has 1 atom stereocenters. The van der Waals surface area contributed by atoms with Gasteiger partial charge in [-0.3, -0.25) is 4.52 Å². The summed E-state index contributed by atoms with van der Waals surface area (Å²) in [6, 6.07) is 17.2. The Morgan fingerprint density at radius 3 is 1.79 bits per heavy atom. The highest BCUT2D eigenvalue weighted by molar-refractivity contribution is 7.62. The summed E-state index contributed by atoms with van der Waals surface area (Å²) < 4.78 is 26.1. The first kappa shape index (κ1) is 22.7. The van der Waals surface area contributed by atoms with Gasteiger partial charge < -0.3 is 4.52 Å². The van der Waals surface area contributed by atoms with E-state index in [9.17, 15) is 4.57 Å². The van der Waals surface area contributed by atoms with Crippen LogP contribution in [0.1, 0.15) is 72.8 Å². The molecule has 3 nitrogen and oxygen atoms in total. The van der Waals surface area contributed by atoms with Gasteiger partial charge in [-0.2, -0.15) is 0 Å². The second-order valence-corrected chi connectivity index (χ2v) is 9.84. The maximum Gasteiger partial charge on any atom is 0.411 e. The molecule has 0 aliphatic heterocycles. The fourth-order valence-electron chi connectivity index (χ4n) is 3.12. The van der Waals surface area contributed by atoms with Crippen molar-refractivity contribution in [2.24, 2.45) is 0 Å². The molecule has 154 valence electrons. The Kier molecular flexibility index (Phi) is 7.53. The van der Waals surface area contributed by atoms with Crippen LogP contribution in [0.15, 0.2) is 54.6 Å². The number of hydrogen-bond acceptors (Lipinski definition) is 3. The molecule has 4 heteroatoms. The van der Waals surface area contributed by atoms with Crippen LogP contribution in [0.25, 0.3) is 0 Å². The van der Waals surface area contributed by atoms with Gasteiger partial charge in [0.2, 0.25) is 0 Å². The standard InChI is InChI=1S/C24H35O3P/c1-7-23(5,8-2)20-16-18-21(19-17-20)26-28(25,22-14-12-11-13-15-22)27-24(6,9-3)10-4/h11-19H,7-10H2,1-6H3. The summed E-state index contributed by atoms with van der Waals surface area (Å²) in [6.45, 7) is 12.8. The van der Waals surface area contributed by atoms with Crippen LogP contribution in [0.3, 0.4) is 0 Å². The van der Waals surface area contributed by atoms with Crippen molar-refractivity contribution in [2.45, 2.75) is 78.2 Å². The Morgan fingerprint density at radius 1 is 0.786 bits per heavy atom. The van der Waals surface area contributed by atoms with Gasteiger partial charge in [0.05, 0.1) is 10.9 Å². The van der Waals surface area contributed by atoms with Crippen molar-refractivity contribution in [3.63, 3.8) is 0 Å². The highest BCUT2D eigenvalue weighted by atomic mass is 31.2. The summed E-state index contributed by atoms with van der Waals surface area (Å²) in [5.41, 5.74) is 0.905. The Bertz CT molecular complexity index is 775. The predicted molar refractivity (Wildman–Crippen MR) is 119 cm³/mol. The molecule has 2 aromatic carbocycles. The van der Waals surface area contributed by atoms with Gasteiger partial charge >= 0.3 is 7.60 Å². The number of rotatable bonds is 10. The van der Waals surface area contributed by atoms with Crippen molar-refractivity contribution >= 4 is 12.9 Å². The molecule has 2 rings (SSSR count). The summed E-state index contributed by atoms with van der Waals surface area (Å²) >= 11 is 0. The molecule has 0 saturated heterocycles. The van der Waals surface area contributed by atoms with Gasteiger partial charge in [0, 0.05) is 0 Å². The lowest BCUT2D eigenvalue weighted by molar-refractivity contribution is 0.0720. The summed E-state index contributed by atoms with van der Waals surface area (Å²) in [4.78, 5) is 0. The highest BCUT2D eigenvalue weighted by Crippen LogP contribution is 2.52. The van der Waals surface area contributed by atoms with Crippen molar-refractivity contribution in [3.8, 4) is 5.75 Å². The van der Waals surface area contributed by atoms with E-state index in [1.165, 1.54) is 5.56 Å². The maximum atomic E-state index is 13.9. The lowest BCUT2D eigenvalue weighted by atomic mass is 9.78. The molecule has 1 unspecified atom stereocenters. The zero-order chi connectivity index (χ0) is 20.8. The minimum absolute atomic E-state index is 0.140. The van der Waals surface area contributed by atoms with Gasteiger partial charge in [-0.25, -0.2) is 4.57 Å². The van der Waals surface area contributed by atoms with E-state index in [1.807, 2.05) is 63.2 Å². The van der Waals surface area contributed by atoms with E-state index >= 15 is 0 Å². The van der Waals surface area contributed by atoms with E-state index in [-0.39, 0.29) is 5.41 Å². The topological polar surface area (TPSA) is 35.5 Å². The van der Waals surface area contributed by atoms with Crippen molar-refractivity contribution in [3.05, 3.63) is 60.2 Å². The Balaban J connectivity index is 2.37. The largest absolute Gasteiger partial charge is 0.421 e. The molecule has 0 N–H and O–H groups in total. The first-order chi connectivity index (χ1) is 13.2. The second-order valence-electron chi connectivity index (χ2n) is 7.96. The van der Waals surface area contributed by atoms with E-state index in [2.05, 4.69) is 32.9 Å². The van der Waals surface area contributed by atoms with Crippen LogP contribution < -0.4 is 9.83 Å². The molecule has 0 aliphatic rings. The van der Waals surface area contributed by atoms with Crippen LogP contribution in [0.5, 0.6) is 5.75 Å². The van der Waals surface area contributed by atoms with Crippen LogP contribution >= 0.6 is 7.60 Å². The summed E-state index contributed by atoms with van der Waals surface area (Å²) in [7, 11) is -3.52. The average molecular weight is 403 g/mol. The third-order valence-electron chi connectivity index (χ3n) is 6.25. The second kappa shape index (κ2) is 9.29. The quantitative estimate of drug-likeness (QED) is 0.392. The van der Waals surface area contributed by atoms with E-state index in [0.717, 1.165) is 25.7 Å². The zero-order valence-electron chi connectivity index (χ0n) is 18.2. The van der Waals surface area contributed by atoms with Gasteiger partial charge in [0.25, 0.3) is 0 Å². The minimum Gasteiger partial charge on any atom is -0.421 e. The van der Waals surface area contributed by atoms with Crippen LogP contribution in [0.2, 0.25) is 0 Å². The minimum atomic E-state index is -3.52. The van der Waals surface area contributed by atoms with Crippen molar-refractivity contribution in [2.75, 3.05) is 0 Å². The molecule has 0 aromatic heterocycles. The van der Waals surface area contributed by atoms with E-state index in [4.69, 9.17) is 9.05 Å². The smallest absolute Gasteiger partial charge is 0.411 e. The molecule has 0 spiro atoms. The van der Waals surface area contributed by atoms with Crippen LogP contribution in [-0.4, -0.2) is 5.60 Å².